The lowest BCUT2D eigenvalue weighted by Crippen LogP contribution is -2.02. The number of benzene rings is 8. The minimum Gasteiger partial charge on any atom is -0.209 e. The molecule has 3 nitrogen and oxygen atoms in total. The molecule has 0 saturated heterocycles. The molecular weight excluding hydrogens is 739 g/mol. The summed E-state index contributed by atoms with van der Waals surface area (Å²) in [5, 5.41) is 0. The molecule has 3 heteroatoms. The van der Waals surface area contributed by atoms with Crippen LogP contribution in [-0.4, -0.2) is 15.0 Å². The first-order valence-corrected chi connectivity index (χ1v) is 21.0. The van der Waals surface area contributed by atoms with Crippen molar-refractivity contribution in [3.8, 4) is 78.4 Å². The molecule has 0 spiro atoms. The van der Waals surface area contributed by atoms with Crippen LogP contribution in [0, 0.1) is 0 Å². The summed E-state index contributed by atoms with van der Waals surface area (Å²) in [6.07, 6.45) is 8.07. The Morgan fingerprint density at radius 3 is 1.28 bits per heavy atom. The van der Waals surface area contributed by atoms with E-state index in [2.05, 4.69) is 177 Å². The molecule has 9 rings (SSSR count). The Morgan fingerprint density at radius 1 is 0.393 bits per heavy atom. The van der Waals surface area contributed by atoms with E-state index in [0.29, 0.717) is 17.5 Å². The van der Waals surface area contributed by atoms with Gasteiger partial charge in [0.2, 0.25) is 0 Å². The van der Waals surface area contributed by atoms with Crippen LogP contribution in [0.25, 0.3) is 84.0 Å². The zero-order chi connectivity index (χ0) is 41.2. The highest BCUT2D eigenvalue weighted by atomic mass is 15.0. The average molecular weight is 784 g/mol. The number of rotatable bonds is 12. The van der Waals surface area contributed by atoms with Crippen LogP contribution in [0.1, 0.15) is 24.7 Å². The van der Waals surface area contributed by atoms with Crippen LogP contribution >= 0.6 is 0 Å². The second kappa shape index (κ2) is 18.4. The number of allylic oxidation sites excluding steroid dienone is 4. The SMILES string of the molecule is CC/C(=C\C=C/Cc1cccc(-c2cc(-c3ccccc3)c(-c3ccccc3)c(-c3ccccc3)c2-c2ccccc2)c1)c1nc(-c2ccccc2)nc(-c2ccccc2)n1. The maximum absolute atomic E-state index is 4.97. The van der Waals surface area contributed by atoms with Crippen LogP contribution in [0.15, 0.2) is 231 Å². The maximum atomic E-state index is 4.97. The van der Waals surface area contributed by atoms with E-state index in [1.165, 1.54) is 61.2 Å². The normalized spacial score (nSPS) is 11.5. The van der Waals surface area contributed by atoms with E-state index in [1.54, 1.807) is 0 Å². The molecule has 0 bridgehead atoms. The first-order valence-electron chi connectivity index (χ1n) is 21.0. The third-order valence-electron chi connectivity index (χ3n) is 11.0. The molecule has 0 aliphatic carbocycles. The molecule has 0 atom stereocenters. The van der Waals surface area contributed by atoms with E-state index < -0.39 is 0 Å². The van der Waals surface area contributed by atoms with E-state index in [4.69, 9.17) is 15.0 Å². The Kier molecular flexibility index (Phi) is 11.7. The lowest BCUT2D eigenvalue weighted by atomic mass is 9.79. The molecule has 9 aromatic rings. The van der Waals surface area contributed by atoms with Crippen LogP contribution in [-0.2, 0) is 6.42 Å². The van der Waals surface area contributed by atoms with E-state index >= 15 is 0 Å². The van der Waals surface area contributed by atoms with Crippen LogP contribution < -0.4 is 0 Å². The zero-order valence-electron chi connectivity index (χ0n) is 34.2. The standard InChI is InChI=1S/C58H45N3/c1-2-43(56-59-57(48-35-17-7-18-36-48)61-58(60-56)49-37-19-8-20-38-49)26-22-21-24-42-25-23-39-50(40-42)52-41-51(44-27-9-3-10-28-44)53(45-29-11-4-12-30-45)55(47-33-15-6-16-34-47)54(52)46-31-13-5-14-32-46/h3-23,25-41H,2,24H2,1H3/b22-21-,43-26+. The monoisotopic (exact) mass is 783 g/mol. The minimum absolute atomic E-state index is 0.669. The summed E-state index contributed by atoms with van der Waals surface area (Å²) in [5.74, 6) is 2.03. The quantitative estimate of drug-likeness (QED) is 0.116. The summed E-state index contributed by atoms with van der Waals surface area (Å²) >= 11 is 0. The van der Waals surface area contributed by atoms with Crippen molar-refractivity contribution in [1.29, 1.82) is 0 Å². The fraction of sp³-hybridized carbons (Fsp3) is 0.0517. The van der Waals surface area contributed by atoms with Crippen molar-refractivity contribution >= 4 is 5.57 Å². The van der Waals surface area contributed by atoms with Crippen LogP contribution in [0.5, 0.6) is 0 Å². The van der Waals surface area contributed by atoms with E-state index in [9.17, 15) is 0 Å². The second-order valence-electron chi connectivity index (χ2n) is 15.0. The lowest BCUT2D eigenvalue weighted by Gasteiger charge is -2.24. The topological polar surface area (TPSA) is 38.7 Å². The third kappa shape index (κ3) is 8.69. The second-order valence-corrected chi connectivity index (χ2v) is 15.0. The fourth-order valence-corrected chi connectivity index (χ4v) is 8.02. The molecule has 0 fully saturated rings. The molecule has 0 amide bonds. The summed E-state index contributed by atoms with van der Waals surface area (Å²) < 4.78 is 0. The molecular formula is C58H45N3. The molecule has 0 radical (unpaired) electrons. The first kappa shape index (κ1) is 38.8. The first-order chi connectivity index (χ1) is 30.2. The molecule has 0 aliphatic rings. The van der Waals surface area contributed by atoms with E-state index in [0.717, 1.165) is 29.5 Å². The van der Waals surface area contributed by atoms with E-state index in [-0.39, 0.29) is 0 Å². The predicted octanol–water partition coefficient (Wildman–Crippen LogP) is 15.1. The molecule has 1 aromatic heterocycles. The van der Waals surface area contributed by atoms with Gasteiger partial charge >= 0.3 is 0 Å². The number of hydrogen-bond acceptors (Lipinski definition) is 3. The van der Waals surface area contributed by atoms with Gasteiger partial charge in [0, 0.05) is 11.1 Å². The van der Waals surface area contributed by atoms with Gasteiger partial charge in [0.15, 0.2) is 17.5 Å². The van der Waals surface area contributed by atoms with Gasteiger partial charge in [-0.05, 0) is 85.7 Å². The molecule has 8 aromatic carbocycles. The van der Waals surface area contributed by atoms with Crippen LogP contribution in [0.3, 0.4) is 0 Å². The van der Waals surface area contributed by atoms with Gasteiger partial charge in [-0.3, -0.25) is 0 Å². The maximum Gasteiger partial charge on any atom is 0.164 e. The Balaban J connectivity index is 1.13. The van der Waals surface area contributed by atoms with Crippen LogP contribution in [0.2, 0.25) is 0 Å². The smallest absolute Gasteiger partial charge is 0.164 e. The number of hydrogen-bond donors (Lipinski definition) is 0. The Hall–Kier alpha value is -7.75. The molecule has 0 N–H and O–H groups in total. The van der Waals surface area contributed by atoms with Crippen molar-refractivity contribution in [2.75, 3.05) is 0 Å². The highest BCUT2D eigenvalue weighted by Gasteiger charge is 2.23. The molecule has 292 valence electrons. The highest BCUT2D eigenvalue weighted by Crippen LogP contribution is 2.50. The van der Waals surface area contributed by atoms with Crippen molar-refractivity contribution < 1.29 is 0 Å². The molecule has 0 saturated carbocycles. The lowest BCUT2D eigenvalue weighted by molar-refractivity contribution is 1.01. The average Bonchev–Trinajstić information content (AvgIpc) is 3.35. The predicted molar refractivity (Wildman–Crippen MR) is 255 cm³/mol. The summed E-state index contributed by atoms with van der Waals surface area (Å²) in [6, 6.07) is 75.1. The van der Waals surface area contributed by atoms with Crippen LogP contribution in [0.4, 0.5) is 0 Å². The van der Waals surface area contributed by atoms with E-state index in [1.807, 2.05) is 60.7 Å². The van der Waals surface area contributed by atoms with Gasteiger partial charge in [-0.15, -0.1) is 0 Å². The van der Waals surface area contributed by atoms with Gasteiger partial charge in [0.05, 0.1) is 0 Å². The summed E-state index contributed by atoms with van der Waals surface area (Å²) in [6.45, 7) is 2.15. The Morgan fingerprint density at radius 2 is 0.803 bits per heavy atom. The molecule has 1 heterocycles. The zero-order valence-corrected chi connectivity index (χ0v) is 34.2. The molecule has 0 aliphatic heterocycles. The largest absolute Gasteiger partial charge is 0.209 e. The fourth-order valence-electron chi connectivity index (χ4n) is 8.02. The molecule has 0 unspecified atom stereocenters. The Labute approximate surface area is 359 Å². The van der Waals surface area contributed by atoms with Crippen molar-refractivity contribution in [1.82, 2.24) is 15.0 Å². The van der Waals surface area contributed by atoms with Crippen molar-refractivity contribution in [3.05, 3.63) is 242 Å². The van der Waals surface area contributed by atoms with Gasteiger partial charge in [0.1, 0.15) is 0 Å². The summed E-state index contributed by atoms with van der Waals surface area (Å²) in [5.41, 5.74) is 16.2. The molecule has 61 heavy (non-hydrogen) atoms. The number of nitrogens with zero attached hydrogens (tertiary/aromatic N) is 3. The van der Waals surface area contributed by atoms with Crippen molar-refractivity contribution in [3.63, 3.8) is 0 Å². The van der Waals surface area contributed by atoms with Gasteiger partial charge in [-0.2, -0.15) is 0 Å². The Bertz CT molecular complexity index is 2870. The van der Waals surface area contributed by atoms with Gasteiger partial charge in [0.25, 0.3) is 0 Å². The van der Waals surface area contributed by atoms with Gasteiger partial charge in [-0.1, -0.05) is 231 Å². The summed E-state index contributed by atoms with van der Waals surface area (Å²) in [4.78, 5) is 14.8. The summed E-state index contributed by atoms with van der Waals surface area (Å²) in [7, 11) is 0. The van der Waals surface area contributed by atoms with Crippen molar-refractivity contribution in [2.45, 2.75) is 19.8 Å². The van der Waals surface area contributed by atoms with Gasteiger partial charge < -0.3 is 0 Å². The van der Waals surface area contributed by atoms with Crippen molar-refractivity contribution in [2.24, 2.45) is 0 Å². The minimum atomic E-state index is 0.669. The highest BCUT2D eigenvalue weighted by molar-refractivity contribution is 6.07. The van der Waals surface area contributed by atoms with Gasteiger partial charge in [-0.25, -0.2) is 15.0 Å². The number of aromatic nitrogens is 3. The third-order valence-corrected chi connectivity index (χ3v) is 11.0.